The second kappa shape index (κ2) is 4.40. The third-order valence-electron chi connectivity index (χ3n) is 3.11. The van der Waals surface area contributed by atoms with E-state index < -0.39 is 0 Å². The van der Waals surface area contributed by atoms with Gasteiger partial charge in [-0.05, 0) is 31.7 Å². The second-order valence-electron chi connectivity index (χ2n) is 4.23. The van der Waals surface area contributed by atoms with Crippen molar-refractivity contribution < 1.29 is 9.84 Å². The summed E-state index contributed by atoms with van der Waals surface area (Å²) in [5, 5.41) is 8.99. The van der Waals surface area contributed by atoms with Crippen LogP contribution in [-0.4, -0.2) is 49.0 Å². The van der Waals surface area contributed by atoms with Gasteiger partial charge in [0.25, 0.3) is 0 Å². The minimum atomic E-state index is 0.349. The molecule has 2 atom stereocenters. The Labute approximate surface area is 79.7 Å². The monoisotopic (exact) mass is 185 g/mol. The van der Waals surface area contributed by atoms with E-state index in [1.54, 1.807) is 0 Å². The van der Waals surface area contributed by atoms with Crippen LogP contribution in [0.3, 0.4) is 0 Å². The minimum absolute atomic E-state index is 0.349. The highest BCUT2D eigenvalue weighted by Gasteiger charge is 2.25. The molecule has 2 aliphatic heterocycles. The van der Waals surface area contributed by atoms with Gasteiger partial charge in [-0.3, -0.25) is 0 Å². The maximum atomic E-state index is 8.99. The highest BCUT2D eigenvalue weighted by Crippen LogP contribution is 2.19. The van der Waals surface area contributed by atoms with Gasteiger partial charge < -0.3 is 14.7 Å². The Morgan fingerprint density at radius 1 is 1.38 bits per heavy atom. The predicted octanol–water partition coefficient (Wildman–Crippen LogP) is 0.480. The molecule has 0 aromatic carbocycles. The second-order valence-corrected chi connectivity index (χ2v) is 4.23. The first-order valence-electron chi connectivity index (χ1n) is 5.33. The van der Waals surface area contributed by atoms with E-state index in [-0.39, 0.29) is 0 Å². The van der Waals surface area contributed by atoms with Gasteiger partial charge in [-0.25, -0.2) is 0 Å². The topological polar surface area (TPSA) is 32.7 Å². The van der Waals surface area contributed by atoms with Gasteiger partial charge in [-0.2, -0.15) is 0 Å². The van der Waals surface area contributed by atoms with Gasteiger partial charge in [-0.15, -0.1) is 0 Å². The fourth-order valence-corrected chi connectivity index (χ4v) is 2.30. The highest BCUT2D eigenvalue weighted by atomic mass is 16.5. The molecule has 2 rings (SSSR count). The SMILES string of the molecule is OCC1CCN(CC2CCCO2)C1. The molecule has 2 unspecified atom stereocenters. The molecule has 2 aliphatic rings. The van der Waals surface area contributed by atoms with Gasteiger partial charge in [0, 0.05) is 26.3 Å². The lowest BCUT2D eigenvalue weighted by Gasteiger charge is -2.19. The summed E-state index contributed by atoms with van der Waals surface area (Å²) in [6.07, 6.45) is 4.07. The van der Waals surface area contributed by atoms with E-state index in [0.717, 1.165) is 32.7 Å². The Hall–Kier alpha value is -0.120. The quantitative estimate of drug-likeness (QED) is 0.694. The summed E-state index contributed by atoms with van der Waals surface area (Å²) in [4.78, 5) is 2.43. The molecule has 3 heteroatoms. The number of rotatable bonds is 3. The summed E-state index contributed by atoms with van der Waals surface area (Å²) in [6, 6.07) is 0. The Kier molecular flexibility index (Phi) is 3.19. The Balaban J connectivity index is 1.70. The van der Waals surface area contributed by atoms with Crippen LogP contribution in [0.1, 0.15) is 19.3 Å². The van der Waals surface area contributed by atoms with Crippen molar-refractivity contribution in [1.29, 1.82) is 0 Å². The molecule has 0 amide bonds. The number of likely N-dealkylation sites (tertiary alicyclic amines) is 1. The van der Waals surface area contributed by atoms with Crippen molar-refractivity contribution in [1.82, 2.24) is 4.90 Å². The van der Waals surface area contributed by atoms with E-state index in [9.17, 15) is 0 Å². The van der Waals surface area contributed by atoms with Crippen LogP contribution < -0.4 is 0 Å². The van der Waals surface area contributed by atoms with Crippen molar-refractivity contribution in [2.24, 2.45) is 5.92 Å². The first kappa shape index (κ1) is 9.44. The number of aliphatic hydroxyl groups is 1. The molecule has 0 aromatic heterocycles. The van der Waals surface area contributed by atoms with E-state index in [0.29, 0.717) is 18.6 Å². The molecule has 13 heavy (non-hydrogen) atoms. The van der Waals surface area contributed by atoms with Crippen molar-refractivity contribution in [3.8, 4) is 0 Å². The highest BCUT2D eigenvalue weighted by molar-refractivity contribution is 4.78. The molecule has 2 heterocycles. The number of hydrogen-bond acceptors (Lipinski definition) is 3. The summed E-state index contributed by atoms with van der Waals surface area (Å²) < 4.78 is 5.58. The summed E-state index contributed by atoms with van der Waals surface area (Å²) in [7, 11) is 0. The van der Waals surface area contributed by atoms with E-state index in [4.69, 9.17) is 9.84 Å². The summed E-state index contributed by atoms with van der Waals surface area (Å²) in [6.45, 7) is 4.59. The van der Waals surface area contributed by atoms with Crippen molar-refractivity contribution in [3.05, 3.63) is 0 Å². The number of aliphatic hydroxyl groups excluding tert-OH is 1. The molecule has 1 N–H and O–H groups in total. The largest absolute Gasteiger partial charge is 0.396 e. The fraction of sp³-hybridized carbons (Fsp3) is 1.00. The number of hydrogen-bond donors (Lipinski definition) is 1. The van der Waals surface area contributed by atoms with Gasteiger partial charge in [0.15, 0.2) is 0 Å². The zero-order valence-electron chi connectivity index (χ0n) is 8.11. The normalized spacial score (nSPS) is 35.8. The molecule has 2 fully saturated rings. The van der Waals surface area contributed by atoms with Gasteiger partial charge in [0.05, 0.1) is 6.10 Å². The lowest BCUT2D eigenvalue weighted by Crippen LogP contribution is -2.30. The van der Waals surface area contributed by atoms with Gasteiger partial charge in [0.1, 0.15) is 0 Å². The minimum Gasteiger partial charge on any atom is -0.396 e. The van der Waals surface area contributed by atoms with Crippen LogP contribution >= 0.6 is 0 Å². The van der Waals surface area contributed by atoms with Crippen molar-refractivity contribution in [2.45, 2.75) is 25.4 Å². The molecule has 0 radical (unpaired) electrons. The molecule has 0 spiro atoms. The summed E-state index contributed by atoms with van der Waals surface area (Å²) in [5.41, 5.74) is 0. The zero-order valence-corrected chi connectivity index (χ0v) is 8.11. The van der Waals surface area contributed by atoms with E-state index >= 15 is 0 Å². The first-order valence-corrected chi connectivity index (χ1v) is 5.33. The molecule has 2 saturated heterocycles. The average molecular weight is 185 g/mol. The molecular formula is C10H19NO2. The summed E-state index contributed by atoms with van der Waals surface area (Å²) >= 11 is 0. The lowest BCUT2D eigenvalue weighted by atomic mass is 10.1. The van der Waals surface area contributed by atoms with Crippen LogP contribution in [0.4, 0.5) is 0 Å². The third-order valence-corrected chi connectivity index (χ3v) is 3.11. The van der Waals surface area contributed by atoms with Crippen molar-refractivity contribution in [2.75, 3.05) is 32.8 Å². The molecule has 0 aromatic rings. The van der Waals surface area contributed by atoms with Crippen LogP contribution in [0, 0.1) is 5.92 Å². The molecule has 76 valence electrons. The smallest absolute Gasteiger partial charge is 0.0702 e. The molecular weight excluding hydrogens is 166 g/mol. The maximum absolute atomic E-state index is 8.99. The van der Waals surface area contributed by atoms with E-state index in [1.807, 2.05) is 0 Å². The Bertz CT molecular complexity index is 157. The van der Waals surface area contributed by atoms with Crippen LogP contribution in [0.5, 0.6) is 0 Å². The van der Waals surface area contributed by atoms with Crippen LogP contribution in [0.2, 0.25) is 0 Å². The molecule has 0 saturated carbocycles. The Morgan fingerprint density at radius 2 is 2.31 bits per heavy atom. The molecule has 0 bridgehead atoms. The third kappa shape index (κ3) is 2.42. The van der Waals surface area contributed by atoms with E-state index in [1.165, 1.54) is 12.8 Å². The standard InChI is InChI=1S/C10H19NO2/c12-8-9-3-4-11(6-9)7-10-2-1-5-13-10/h9-10,12H,1-8H2. The van der Waals surface area contributed by atoms with Crippen LogP contribution in [0.25, 0.3) is 0 Å². The van der Waals surface area contributed by atoms with Crippen LogP contribution in [0.15, 0.2) is 0 Å². The van der Waals surface area contributed by atoms with Crippen LogP contribution in [-0.2, 0) is 4.74 Å². The van der Waals surface area contributed by atoms with Gasteiger partial charge >= 0.3 is 0 Å². The van der Waals surface area contributed by atoms with Crippen molar-refractivity contribution >= 4 is 0 Å². The van der Waals surface area contributed by atoms with Gasteiger partial charge in [0.2, 0.25) is 0 Å². The van der Waals surface area contributed by atoms with Crippen molar-refractivity contribution in [3.63, 3.8) is 0 Å². The predicted molar refractivity (Wildman–Crippen MR) is 50.6 cm³/mol. The Morgan fingerprint density at radius 3 is 2.92 bits per heavy atom. The average Bonchev–Trinajstić information content (AvgIpc) is 2.76. The first-order chi connectivity index (χ1) is 6.38. The number of nitrogens with zero attached hydrogens (tertiary/aromatic N) is 1. The van der Waals surface area contributed by atoms with Gasteiger partial charge in [-0.1, -0.05) is 0 Å². The molecule has 3 nitrogen and oxygen atoms in total. The van der Waals surface area contributed by atoms with E-state index in [2.05, 4.69) is 4.90 Å². The number of ether oxygens (including phenoxy) is 1. The maximum Gasteiger partial charge on any atom is 0.0702 e. The summed E-state index contributed by atoms with van der Waals surface area (Å²) in [5.74, 6) is 0.515. The lowest BCUT2D eigenvalue weighted by molar-refractivity contribution is 0.0784. The molecule has 0 aliphatic carbocycles. The zero-order chi connectivity index (χ0) is 9.10. The fourth-order valence-electron chi connectivity index (χ4n) is 2.30.